The molecule has 27 heavy (non-hydrogen) atoms. The highest BCUT2D eigenvalue weighted by Crippen LogP contribution is 2.28. The van der Waals surface area contributed by atoms with Crippen molar-refractivity contribution < 1.29 is 9.21 Å². The molecule has 0 aliphatic rings. The van der Waals surface area contributed by atoms with Crippen molar-refractivity contribution >= 4 is 22.7 Å². The smallest absolute Gasteiger partial charge is 0.255 e. The first-order valence-corrected chi connectivity index (χ1v) is 8.86. The molecular formula is C23H20N2O2. The van der Waals surface area contributed by atoms with Crippen LogP contribution in [0.4, 0.5) is 5.69 Å². The van der Waals surface area contributed by atoms with Crippen LogP contribution in [-0.2, 0) is 0 Å². The van der Waals surface area contributed by atoms with Gasteiger partial charge in [-0.1, -0.05) is 29.8 Å². The second-order valence-electron chi connectivity index (χ2n) is 6.85. The minimum absolute atomic E-state index is 0.139. The Morgan fingerprint density at radius 1 is 0.926 bits per heavy atom. The second kappa shape index (κ2) is 6.72. The SMILES string of the molecule is Cc1cccc(C(=O)Nc2cccc(-c3nc4cc(C)cc(C)c4o3)c2)c1. The van der Waals surface area contributed by atoms with Gasteiger partial charge in [0.25, 0.3) is 5.91 Å². The van der Waals surface area contributed by atoms with E-state index in [-0.39, 0.29) is 5.91 Å². The van der Waals surface area contributed by atoms with E-state index in [0.29, 0.717) is 17.1 Å². The lowest BCUT2D eigenvalue weighted by Crippen LogP contribution is -2.11. The summed E-state index contributed by atoms with van der Waals surface area (Å²) in [6.45, 7) is 6.03. The summed E-state index contributed by atoms with van der Waals surface area (Å²) in [6, 6.07) is 19.1. The number of nitrogens with one attached hydrogen (secondary N) is 1. The zero-order valence-corrected chi connectivity index (χ0v) is 15.5. The van der Waals surface area contributed by atoms with Gasteiger partial charge in [0.05, 0.1) is 0 Å². The van der Waals surface area contributed by atoms with Crippen LogP contribution in [0.15, 0.2) is 65.1 Å². The number of nitrogens with zero attached hydrogens (tertiary/aromatic N) is 1. The van der Waals surface area contributed by atoms with Gasteiger partial charge < -0.3 is 9.73 Å². The molecule has 4 rings (SSSR count). The van der Waals surface area contributed by atoms with Crippen molar-refractivity contribution in [2.24, 2.45) is 0 Å². The maximum atomic E-state index is 12.5. The third kappa shape index (κ3) is 3.47. The molecule has 4 aromatic rings. The standard InChI is InChI=1S/C23H20N2O2/c1-14-6-4-7-17(11-14)22(26)24-19-9-5-8-18(13-19)23-25-20-12-15(2)10-16(3)21(20)27-23/h4-13H,1-3H3,(H,24,26). The Balaban J connectivity index is 1.65. The Bertz CT molecular complexity index is 1160. The fourth-order valence-corrected chi connectivity index (χ4v) is 3.22. The molecule has 0 saturated carbocycles. The van der Waals surface area contributed by atoms with E-state index < -0.39 is 0 Å². The van der Waals surface area contributed by atoms with Crippen LogP contribution < -0.4 is 5.32 Å². The molecule has 0 spiro atoms. The molecule has 0 aliphatic carbocycles. The first kappa shape index (κ1) is 17.0. The van der Waals surface area contributed by atoms with Crippen molar-refractivity contribution in [2.45, 2.75) is 20.8 Å². The van der Waals surface area contributed by atoms with Crippen LogP contribution in [0.5, 0.6) is 0 Å². The first-order chi connectivity index (χ1) is 13.0. The van der Waals surface area contributed by atoms with Crippen molar-refractivity contribution in [1.82, 2.24) is 4.98 Å². The first-order valence-electron chi connectivity index (χ1n) is 8.86. The van der Waals surface area contributed by atoms with E-state index in [4.69, 9.17) is 4.42 Å². The van der Waals surface area contributed by atoms with Crippen molar-refractivity contribution in [3.05, 3.63) is 82.9 Å². The highest BCUT2D eigenvalue weighted by atomic mass is 16.3. The van der Waals surface area contributed by atoms with E-state index in [1.54, 1.807) is 6.07 Å². The molecule has 134 valence electrons. The van der Waals surface area contributed by atoms with Gasteiger partial charge in [-0.15, -0.1) is 0 Å². The molecule has 1 heterocycles. The van der Waals surface area contributed by atoms with Crippen LogP contribution in [0, 0.1) is 20.8 Å². The number of hydrogen-bond acceptors (Lipinski definition) is 3. The Morgan fingerprint density at radius 3 is 2.56 bits per heavy atom. The van der Waals surface area contributed by atoms with Gasteiger partial charge in [-0.2, -0.15) is 0 Å². The molecule has 0 aliphatic heterocycles. The number of benzene rings is 3. The van der Waals surface area contributed by atoms with Crippen molar-refractivity contribution in [3.63, 3.8) is 0 Å². The highest BCUT2D eigenvalue weighted by Gasteiger charge is 2.12. The van der Waals surface area contributed by atoms with E-state index in [0.717, 1.165) is 33.4 Å². The van der Waals surface area contributed by atoms with E-state index in [9.17, 15) is 4.79 Å². The van der Waals surface area contributed by atoms with Gasteiger partial charge in [-0.05, 0) is 68.3 Å². The Labute approximate surface area is 157 Å². The van der Waals surface area contributed by atoms with Crippen molar-refractivity contribution in [1.29, 1.82) is 0 Å². The van der Waals surface area contributed by atoms with Crippen LogP contribution in [0.3, 0.4) is 0 Å². The van der Waals surface area contributed by atoms with Crippen LogP contribution in [0.2, 0.25) is 0 Å². The summed E-state index contributed by atoms with van der Waals surface area (Å²) in [5.74, 6) is 0.408. The number of aromatic nitrogens is 1. The molecule has 0 fully saturated rings. The largest absolute Gasteiger partial charge is 0.436 e. The van der Waals surface area contributed by atoms with Gasteiger partial charge >= 0.3 is 0 Å². The molecular weight excluding hydrogens is 336 g/mol. The number of oxazole rings is 1. The molecule has 0 radical (unpaired) electrons. The van der Waals surface area contributed by atoms with Gasteiger partial charge in [0.1, 0.15) is 5.52 Å². The van der Waals surface area contributed by atoms with E-state index in [1.165, 1.54) is 0 Å². The number of rotatable bonds is 3. The van der Waals surface area contributed by atoms with Crippen LogP contribution in [0.1, 0.15) is 27.0 Å². The number of amides is 1. The highest BCUT2D eigenvalue weighted by molar-refractivity contribution is 6.04. The van der Waals surface area contributed by atoms with E-state index >= 15 is 0 Å². The van der Waals surface area contributed by atoms with Gasteiger partial charge in [0.15, 0.2) is 5.58 Å². The molecule has 0 saturated heterocycles. The third-order valence-electron chi connectivity index (χ3n) is 4.47. The zero-order chi connectivity index (χ0) is 19.0. The van der Waals surface area contributed by atoms with Gasteiger partial charge in [-0.25, -0.2) is 4.98 Å². The van der Waals surface area contributed by atoms with Crippen LogP contribution in [0.25, 0.3) is 22.6 Å². The number of fused-ring (bicyclic) bond motifs is 1. The summed E-state index contributed by atoms with van der Waals surface area (Å²) in [6.07, 6.45) is 0. The Morgan fingerprint density at radius 2 is 1.74 bits per heavy atom. The summed E-state index contributed by atoms with van der Waals surface area (Å²) in [5, 5.41) is 2.94. The molecule has 1 aromatic heterocycles. The molecule has 1 amide bonds. The maximum Gasteiger partial charge on any atom is 0.255 e. The summed E-state index contributed by atoms with van der Waals surface area (Å²) in [5.41, 5.74) is 7.06. The third-order valence-corrected chi connectivity index (χ3v) is 4.47. The summed E-state index contributed by atoms with van der Waals surface area (Å²) < 4.78 is 5.98. The van der Waals surface area contributed by atoms with Crippen molar-refractivity contribution in [3.8, 4) is 11.5 Å². The number of carbonyl (C=O) groups is 1. The number of hydrogen-bond donors (Lipinski definition) is 1. The average Bonchev–Trinajstić information content (AvgIpc) is 3.06. The van der Waals surface area contributed by atoms with Gasteiger partial charge in [0, 0.05) is 16.8 Å². The topological polar surface area (TPSA) is 55.1 Å². The summed E-state index contributed by atoms with van der Waals surface area (Å²) in [7, 11) is 0. The fourth-order valence-electron chi connectivity index (χ4n) is 3.22. The molecule has 0 bridgehead atoms. The number of anilines is 1. The predicted molar refractivity (Wildman–Crippen MR) is 108 cm³/mol. The average molecular weight is 356 g/mol. The minimum Gasteiger partial charge on any atom is -0.436 e. The van der Waals surface area contributed by atoms with Crippen molar-refractivity contribution in [2.75, 3.05) is 5.32 Å². The lowest BCUT2D eigenvalue weighted by atomic mass is 10.1. The normalized spacial score (nSPS) is 10.9. The minimum atomic E-state index is -0.139. The fraction of sp³-hybridized carbons (Fsp3) is 0.130. The molecule has 4 heteroatoms. The number of aryl methyl sites for hydroxylation is 3. The molecule has 0 atom stereocenters. The van der Waals surface area contributed by atoms with E-state index in [1.807, 2.05) is 69.3 Å². The summed E-state index contributed by atoms with van der Waals surface area (Å²) >= 11 is 0. The number of carbonyl (C=O) groups excluding carboxylic acids is 1. The molecule has 4 nitrogen and oxygen atoms in total. The predicted octanol–water partition coefficient (Wildman–Crippen LogP) is 5.67. The van der Waals surface area contributed by atoms with Crippen LogP contribution in [-0.4, -0.2) is 10.9 Å². The Kier molecular flexibility index (Phi) is 4.24. The lowest BCUT2D eigenvalue weighted by molar-refractivity contribution is 0.102. The zero-order valence-electron chi connectivity index (χ0n) is 15.5. The van der Waals surface area contributed by atoms with E-state index in [2.05, 4.69) is 16.4 Å². The Hall–Kier alpha value is -3.40. The molecule has 0 unspecified atom stereocenters. The summed E-state index contributed by atoms with van der Waals surface area (Å²) in [4.78, 5) is 17.1. The second-order valence-corrected chi connectivity index (χ2v) is 6.85. The molecule has 1 N–H and O–H groups in total. The monoisotopic (exact) mass is 356 g/mol. The lowest BCUT2D eigenvalue weighted by Gasteiger charge is -2.07. The van der Waals surface area contributed by atoms with Gasteiger partial charge in [0.2, 0.25) is 5.89 Å². The van der Waals surface area contributed by atoms with Gasteiger partial charge in [-0.3, -0.25) is 4.79 Å². The van der Waals surface area contributed by atoms with Crippen LogP contribution >= 0.6 is 0 Å². The maximum absolute atomic E-state index is 12.5. The quantitative estimate of drug-likeness (QED) is 0.514. The molecule has 3 aromatic carbocycles.